The van der Waals surface area contributed by atoms with Crippen molar-refractivity contribution >= 4 is 29.9 Å². The van der Waals surface area contributed by atoms with Gasteiger partial charge in [-0.2, -0.15) is 10.2 Å². The van der Waals surface area contributed by atoms with E-state index in [9.17, 15) is 0 Å². The van der Waals surface area contributed by atoms with Gasteiger partial charge in [0, 0.05) is 44.8 Å². The second-order valence-electron chi connectivity index (χ2n) is 7.08. The maximum absolute atomic E-state index is 4.73. The number of hydrogen-bond acceptors (Lipinski definition) is 3. The third-order valence-corrected chi connectivity index (χ3v) is 5.05. The molecular formula is C22H32IN7. The highest BCUT2D eigenvalue weighted by molar-refractivity contribution is 14.0. The Morgan fingerprint density at radius 1 is 1.10 bits per heavy atom. The summed E-state index contributed by atoms with van der Waals surface area (Å²) in [7, 11) is 1.99. The van der Waals surface area contributed by atoms with Gasteiger partial charge in [-0.25, -0.2) is 4.68 Å². The predicted octanol–water partition coefficient (Wildman–Crippen LogP) is 3.18. The zero-order chi connectivity index (χ0) is 20.6. The van der Waals surface area contributed by atoms with Crippen molar-refractivity contribution in [2.45, 2.75) is 33.6 Å². The molecule has 2 aromatic heterocycles. The topological polar surface area (TPSA) is 72.1 Å². The third-order valence-electron chi connectivity index (χ3n) is 5.05. The van der Waals surface area contributed by atoms with E-state index in [4.69, 9.17) is 4.99 Å². The first kappa shape index (κ1) is 23.9. The molecule has 0 fully saturated rings. The number of nitrogens with one attached hydrogen (secondary N) is 2. The van der Waals surface area contributed by atoms with Crippen LogP contribution in [0.25, 0.3) is 5.69 Å². The van der Waals surface area contributed by atoms with Crippen LogP contribution in [-0.4, -0.2) is 45.2 Å². The molecule has 30 heavy (non-hydrogen) atoms. The summed E-state index contributed by atoms with van der Waals surface area (Å²) in [6, 6.07) is 10.4. The maximum atomic E-state index is 4.73. The number of aryl methyl sites for hydroxylation is 2. The average molecular weight is 521 g/mol. The molecule has 0 unspecified atom stereocenters. The van der Waals surface area contributed by atoms with Gasteiger partial charge in [-0.1, -0.05) is 12.1 Å². The molecule has 0 amide bonds. The van der Waals surface area contributed by atoms with Gasteiger partial charge in [0.25, 0.3) is 0 Å². The number of hydrogen-bond donors (Lipinski definition) is 2. The molecule has 8 heteroatoms. The minimum absolute atomic E-state index is 0. The summed E-state index contributed by atoms with van der Waals surface area (Å²) >= 11 is 0. The van der Waals surface area contributed by atoms with E-state index in [-0.39, 0.29) is 24.0 Å². The zero-order valence-corrected chi connectivity index (χ0v) is 20.6. The highest BCUT2D eigenvalue weighted by atomic mass is 127. The Labute approximate surface area is 196 Å². The molecule has 3 rings (SSSR count). The molecule has 3 aromatic rings. The van der Waals surface area contributed by atoms with E-state index in [0.717, 1.165) is 49.8 Å². The monoisotopic (exact) mass is 521 g/mol. The van der Waals surface area contributed by atoms with Gasteiger partial charge >= 0.3 is 0 Å². The van der Waals surface area contributed by atoms with Crippen molar-refractivity contribution in [3.63, 3.8) is 0 Å². The Bertz CT molecular complexity index is 927. The minimum Gasteiger partial charge on any atom is -0.357 e. The Balaban J connectivity index is 0.00000320. The lowest BCUT2D eigenvalue weighted by atomic mass is 10.1. The number of rotatable bonds is 8. The van der Waals surface area contributed by atoms with Gasteiger partial charge in [0.15, 0.2) is 5.96 Å². The molecular weight excluding hydrogens is 489 g/mol. The SMILES string of the molecule is CCNC(=NCCc1c(C)nn(C)c1C)NCCc1ccc(-n2cccn2)cc1.I. The minimum atomic E-state index is 0. The molecule has 0 aliphatic heterocycles. The summed E-state index contributed by atoms with van der Waals surface area (Å²) in [4.78, 5) is 4.73. The van der Waals surface area contributed by atoms with Crippen LogP contribution in [0.2, 0.25) is 0 Å². The lowest BCUT2D eigenvalue weighted by molar-refractivity contribution is 0.729. The highest BCUT2D eigenvalue weighted by Gasteiger charge is 2.08. The molecule has 1 aromatic carbocycles. The number of aliphatic imine (C=N–C) groups is 1. The lowest BCUT2D eigenvalue weighted by Crippen LogP contribution is -2.38. The van der Waals surface area contributed by atoms with Crippen LogP contribution >= 0.6 is 24.0 Å². The van der Waals surface area contributed by atoms with Gasteiger partial charge in [-0.05, 0) is 62.9 Å². The summed E-state index contributed by atoms with van der Waals surface area (Å²) in [6.07, 6.45) is 5.57. The summed E-state index contributed by atoms with van der Waals surface area (Å²) < 4.78 is 3.80. The summed E-state index contributed by atoms with van der Waals surface area (Å²) in [6.45, 7) is 8.67. The van der Waals surface area contributed by atoms with Crippen molar-refractivity contribution in [1.29, 1.82) is 0 Å². The smallest absolute Gasteiger partial charge is 0.191 e. The first-order valence-electron chi connectivity index (χ1n) is 10.2. The second-order valence-corrected chi connectivity index (χ2v) is 7.08. The van der Waals surface area contributed by atoms with Gasteiger partial charge in [-0.15, -0.1) is 24.0 Å². The molecule has 2 heterocycles. The van der Waals surface area contributed by atoms with Crippen molar-refractivity contribution in [3.05, 3.63) is 65.2 Å². The molecule has 0 saturated heterocycles. The van der Waals surface area contributed by atoms with Crippen LogP contribution < -0.4 is 10.6 Å². The number of guanidine groups is 1. The van der Waals surface area contributed by atoms with Crippen LogP contribution in [0.5, 0.6) is 0 Å². The van der Waals surface area contributed by atoms with Crippen molar-refractivity contribution in [1.82, 2.24) is 30.2 Å². The Morgan fingerprint density at radius 2 is 1.87 bits per heavy atom. The average Bonchev–Trinajstić information content (AvgIpc) is 3.33. The number of nitrogens with zero attached hydrogens (tertiary/aromatic N) is 5. The summed E-state index contributed by atoms with van der Waals surface area (Å²) in [5.74, 6) is 0.861. The van der Waals surface area contributed by atoms with Gasteiger partial charge in [0.1, 0.15) is 0 Å². The molecule has 0 atom stereocenters. The van der Waals surface area contributed by atoms with E-state index in [1.165, 1.54) is 16.8 Å². The fraction of sp³-hybridized carbons (Fsp3) is 0.409. The van der Waals surface area contributed by atoms with E-state index in [0.29, 0.717) is 0 Å². The van der Waals surface area contributed by atoms with E-state index in [1.807, 2.05) is 28.7 Å². The summed E-state index contributed by atoms with van der Waals surface area (Å²) in [5, 5.41) is 15.5. The van der Waals surface area contributed by atoms with E-state index in [1.54, 1.807) is 6.20 Å². The molecule has 2 N–H and O–H groups in total. The first-order valence-corrected chi connectivity index (χ1v) is 10.2. The van der Waals surface area contributed by atoms with Crippen molar-refractivity contribution in [3.8, 4) is 5.69 Å². The number of halogens is 1. The van der Waals surface area contributed by atoms with Gasteiger partial charge < -0.3 is 10.6 Å². The fourth-order valence-electron chi connectivity index (χ4n) is 3.36. The second kappa shape index (κ2) is 11.7. The van der Waals surface area contributed by atoms with E-state index >= 15 is 0 Å². The Hall–Kier alpha value is -2.36. The predicted molar refractivity (Wildman–Crippen MR) is 133 cm³/mol. The third kappa shape index (κ3) is 6.32. The fourth-order valence-corrected chi connectivity index (χ4v) is 3.36. The van der Waals surface area contributed by atoms with Crippen molar-refractivity contribution in [2.75, 3.05) is 19.6 Å². The highest BCUT2D eigenvalue weighted by Crippen LogP contribution is 2.12. The molecule has 0 radical (unpaired) electrons. The zero-order valence-electron chi connectivity index (χ0n) is 18.2. The van der Waals surface area contributed by atoms with Crippen LogP contribution in [0.3, 0.4) is 0 Å². The number of aromatic nitrogens is 4. The molecule has 0 bridgehead atoms. The van der Waals surface area contributed by atoms with Crippen LogP contribution in [0.1, 0.15) is 29.4 Å². The van der Waals surface area contributed by atoms with E-state index < -0.39 is 0 Å². The Morgan fingerprint density at radius 3 is 2.47 bits per heavy atom. The number of benzene rings is 1. The molecule has 0 spiro atoms. The van der Waals surface area contributed by atoms with Crippen molar-refractivity contribution < 1.29 is 0 Å². The quantitative estimate of drug-likeness (QED) is 0.272. The van der Waals surface area contributed by atoms with Crippen LogP contribution in [-0.2, 0) is 19.9 Å². The van der Waals surface area contributed by atoms with Crippen LogP contribution in [0, 0.1) is 13.8 Å². The van der Waals surface area contributed by atoms with Crippen LogP contribution in [0.4, 0.5) is 0 Å². The molecule has 0 aliphatic rings. The molecule has 162 valence electrons. The first-order chi connectivity index (χ1) is 14.1. The van der Waals surface area contributed by atoms with Crippen molar-refractivity contribution in [2.24, 2.45) is 12.0 Å². The largest absolute Gasteiger partial charge is 0.357 e. The van der Waals surface area contributed by atoms with Crippen LogP contribution in [0.15, 0.2) is 47.7 Å². The molecule has 7 nitrogen and oxygen atoms in total. The maximum Gasteiger partial charge on any atom is 0.191 e. The van der Waals surface area contributed by atoms with Gasteiger partial charge in [-0.3, -0.25) is 9.67 Å². The van der Waals surface area contributed by atoms with E-state index in [2.05, 4.69) is 65.9 Å². The van der Waals surface area contributed by atoms with Gasteiger partial charge in [0.2, 0.25) is 0 Å². The van der Waals surface area contributed by atoms with Gasteiger partial charge in [0.05, 0.1) is 11.4 Å². The summed E-state index contributed by atoms with van der Waals surface area (Å²) in [5.41, 5.74) is 5.96. The Kier molecular flexibility index (Phi) is 9.35. The normalized spacial score (nSPS) is 11.3. The molecule has 0 saturated carbocycles. The molecule has 0 aliphatic carbocycles. The lowest BCUT2D eigenvalue weighted by Gasteiger charge is -2.11. The standard InChI is InChI=1S/C22H31N7.HI/c1-5-23-22(25-15-12-21-17(2)27-28(4)18(21)3)24-14-11-19-7-9-20(10-8-19)29-16-6-13-26-29;/h6-10,13,16H,5,11-12,14-15H2,1-4H3,(H2,23,24,25);1H.